The number of carbonyl (C=O) groups is 1. The molecule has 0 heterocycles. The van der Waals surface area contributed by atoms with Crippen LogP contribution in [0.25, 0.3) is 0 Å². The molecule has 2 aliphatic rings. The van der Waals surface area contributed by atoms with Gasteiger partial charge in [0.15, 0.2) is 0 Å². The van der Waals surface area contributed by atoms with E-state index in [1.807, 2.05) is 14.1 Å². The highest BCUT2D eigenvalue weighted by atomic mass is 16.2. The normalized spacial score (nSPS) is 31.2. The summed E-state index contributed by atoms with van der Waals surface area (Å²) >= 11 is 0. The Hall–Kier alpha value is -0.790. The number of hydrogen-bond acceptors (Lipinski definition) is 1. The van der Waals surface area contributed by atoms with Crippen LogP contribution < -0.4 is 0 Å². The number of amides is 1. The maximum absolute atomic E-state index is 12.1. The summed E-state index contributed by atoms with van der Waals surface area (Å²) in [4.78, 5) is 13.9. The van der Waals surface area contributed by atoms with Gasteiger partial charge in [-0.3, -0.25) is 4.79 Å². The number of nitrogens with zero attached hydrogens (tertiary/aromatic N) is 1. The van der Waals surface area contributed by atoms with E-state index < -0.39 is 0 Å². The molecule has 0 saturated heterocycles. The molecule has 2 saturated carbocycles. The van der Waals surface area contributed by atoms with Crippen molar-refractivity contribution in [1.29, 1.82) is 0 Å². The lowest BCUT2D eigenvalue weighted by Gasteiger charge is -2.35. The van der Waals surface area contributed by atoms with Crippen molar-refractivity contribution >= 4 is 5.91 Å². The number of hydrogen-bond donors (Lipinski definition) is 0. The molecule has 2 aliphatic carbocycles. The zero-order valence-corrected chi connectivity index (χ0v) is 16.7. The Kier molecular flexibility index (Phi) is 7.37. The molecule has 1 amide bonds. The van der Waals surface area contributed by atoms with Gasteiger partial charge in [0, 0.05) is 20.0 Å². The zero-order chi connectivity index (χ0) is 17.7. The van der Waals surface area contributed by atoms with E-state index in [9.17, 15) is 4.79 Å². The largest absolute Gasteiger partial charge is 0.349 e. The molecule has 2 atom stereocenters. The molecule has 0 aromatic carbocycles. The smallest absolute Gasteiger partial charge is 0.225 e. The zero-order valence-electron chi connectivity index (χ0n) is 16.7. The highest BCUT2D eigenvalue weighted by Crippen LogP contribution is 2.40. The molecule has 0 aromatic rings. The monoisotopic (exact) mass is 333 g/mol. The summed E-state index contributed by atoms with van der Waals surface area (Å²) in [7, 11) is 3.78. The molecule has 0 bridgehead atoms. The van der Waals surface area contributed by atoms with Crippen molar-refractivity contribution in [3.8, 4) is 0 Å². The Morgan fingerprint density at radius 3 is 2.38 bits per heavy atom. The minimum Gasteiger partial charge on any atom is -0.349 e. The molecule has 2 unspecified atom stereocenters. The summed E-state index contributed by atoms with van der Waals surface area (Å²) in [6, 6.07) is 0. The van der Waals surface area contributed by atoms with Gasteiger partial charge in [-0.1, -0.05) is 32.4 Å². The SMILES string of the molecule is CC(C)/C=C1\CCCC(CC(C)C2CCC(C(=O)N(C)C)CC2)C1. The van der Waals surface area contributed by atoms with Crippen LogP contribution in [0.1, 0.15) is 78.6 Å². The van der Waals surface area contributed by atoms with Crippen LogP contribution in [0.4, 0.5) is 0 Å². The van der Waals surface area contributed by atoms with Crippen molar-refractivity contribution in [3.63, 3.8) is 0 Å². The van der Waals surface area contributed by atoms with Crippen LogP contribution in [-0.4, -0.2) is 24.9 Å². The Balaban J connectivity index is 1.79. The van der Waals surface area contributed by atoms with Crippen molar-refractivity contribution in [2.75, 3.05) is 14.1 Å². The molecular weight excluding hydrogens is 294 g/mol. The lowest BCUT2D eigenvalue weighted by molar-refractivity contribution is -0.134. The average Bonchev–Trinajstić information content (AvgIpc) is 2.54. The lowest BCUT2D eigenvalue weighted by atomic mass is 9.71. The van der Waals surface area contributed by atoms with Gasteiger partial charge in [-0.25, -0.2) is 0 Å². The van der Waals surface area contributed by atoms with Gasteiger partial charge in [0.1, 0.15) is 0 Å². The fraction of sp³-hybridized carbons (Fsp3) is 0.864. The summed E-state index contributed by atoms with van der Waals surface area (Å²) < 4.78 is 0. The van der Waals surface area contributed by atoms with Gasteiger partial charge in [0.25, 0.3) is 0 Å². The Labute approximate surface area is 150 Å². The second-order valence-electron chi connectivity index (χ2n) is 9.09. The third-order valence-electron chi connectivity index (χ3n) is 6.30. The second kappa shape index (κ2) is 9.06. The number of rotatable bonds is 5. The van der Waals surface area contributed by atoms with Gasteiger partial charge in [-0.15, -0.1) is 0 Å². The van der Waals surface area contributed by atoms with Crippen molar-refractivity contribution in [3.05, 3.63) is 11.6 Å². The molecule has 24 heavy (non-hydrogen) atoms. The first-order valence-electron chi connectivity index (χ1n) is 10.3. The van der Waals surface area contributed by atoms with Gasteiger partial charge < -0.3 is 4.90 Å². The molecule has 0 spiro atoms. The van der Waals surface area contributed by atoms with Crippen molar-refractivity contribution in [2.45, 2.75) is 78.6 Å². The quantitative estimate of drug-likeness (QED) is 0.593. The summed E-state index contributed by atoms with van der Waals surface area (Å²) in [5, 5.41) is 0. The summed E-state index contributed by atoms with van der Waals surface area (Å²) in [6.07, 6.45) is 14.1. The third kappa shape index (κ3) is 5.63. The topological polar surface area (TPSA) is 20.3 Å². The average molecular weight is 334 g/mol. The maximum atomic E-state index is 12.1. The van der Waals surface area contributed by atoms with Gasteiger partial charge in [0.05, 0.1) is 0 Å². The summed E-state index contributed by atoms with van der Waals surface area (Å²) in [5.41, 5.74) is 1.72. The molecule has 138 valence electrons. The Bertz CT molecular complexity index is 429. The van der Waals surface area contributed by atoms with Crippen LogP contribution in [0, 0.1) is 29.6 Å². The fourth-order valence-corrected chi connectivity index (χ4v) is 5.04. The van der Waals surface area contributed by atoms with Crippen molar-refractivity contribution in [1.82, 2.24) is 4.90 Å². The number of carbonyl (C=O) groups excluding carboxylic acids is 1. The van der Waals surface area contributed by atoms with Crippen LogP contribution in [-0.2, 0) is 4.79 Å². The van der Waals surface area contributed by atoms with E-state index >= 15 is 0 Å². The van der Waals surface area contributed by atoms with Gasteiger partial charge in [-0.2, -0.15) is 0 Å². The minimum absolute atomic E-state index is 0.290. The van der Waals surface area contributed by atoms with Crippen LogP contribution in [0.5, 0.6) is 0 Å². The maximum Gasteiger partial charge on any atom is 0.225 e. The molecular formula is C22H39NO. The van der Waals surface area contributed by atoms with Crippen molar-refractivity contribution < 1.29 is 4.79 Å². The second-order valence-corrected chi connectivity index (χ2v) is 9.09. The predicted molar refractivity (Wildman–Crippen MR) is 103 cm³/mol. The minimum atomic E-state index is 0.290. The summed E-state index contributed by atoms with van der Waals surface area (Å²) in [6.45, 7) is 7.07. The predicted octanol–water partition coefficient (Wildman–Crippen LogP) is 5.68. The van der Waals surface area contributed by atoms with E-state index in [-0.39, 0.29) is 0 Å². The summed E-state index contributed by atoms with van der Waals surface area (Å²) in [5.74, 6) is 3.90. The van der Waals surface area contributed by atoms with E-state index in [0.29, 0.717) is 17.7 Å². The third-order valence-corrected chi connectivity index (χ3v) is 6.30. The Morgan fingerprint density at radius 1 is 1.12 bits per heavy atom. The van der Waals surface area contributed by atoms with Gasteiger partial charge >= 0.3 is 0 Å². The van der Waals surface area contributed by atoms with E-state index in [1.54, 1.807) is 10.5 Å². The molecule has 2 fully saturated rings. The number of allylic oxidation sites excluding steroid dienone is 2. The van der Waals surface area contributed by atoms with E-state index in [0.717, 1.165) is 30.6 Å². The van der Waals surface area contributed by atoms with Crippen LogP contribution in [0.15, 0.2) is 11.6 Å². The molecule has 0 aliphatic heterocycles. The first-order valence-corrected chi connectivity index (χ1v) is 10.3. The first kappa shape index (κ1) is 19.5. The first-order chi connectivity index (χ1) is 11.4. The Morgan fingerprint density at radius 2 is 1.79 bits per heavy atom. The van der Waals surface area contributed by atoms with Gasteiger partial charge in [-0.05, 0) is 81.5 Å². The van der Waals surface area contributed by atoms with Crippen LogP contribution in [0.2, 0.25) is 0 Å². The fourth-order valence-electron chi connectivity index (χ4n) is 5.04. The molecule has 0 N–H and O–H groups in total. The highest BCUT2D eigenvalue weighted by Gasteiger charge is 2.31. The van der Waals surface area contributed by atoms with Crippen LogP contribution >= 0.6 is 0 Å². The molecule has 2 heteroatoms. The van der Waals surface area contributed by atoms with Crippen molar-refractivity contribution in [2.24, 2.45) is 29.6 Å². The molecule has 2 nitrogen and oxygen atoms in total. The molecule has 0 aromatic heterocycles. The van der Waals surface area contributed by atoms with E-state index in [2.05, 4.69) is 26.8 Å². The van der Waals surface area contributed by atoms with Crippen LogP contribution in [0.3, 0.4) is 0 Å². The lowest BCUT2D eigenvalue weighted by Crippen LogP contribution is -2.33. The van der Waals surface area contributed by atoms with E-state index in [4.69, 9.17) is 0 Å². The van der Waals surface area contributed by atoms with Gasteiger partial charge in [0.2, 0.25) is 5.91 Å². The molecule has 2 rings (SSSR count). The molecule has 0 radical (unpaired) electrons. The standard InChI is InChI=1S/C22H39NO/c1-16(2)13-18-7-6-8-19(15-18)14-17(3)20-9-11-21(12-10-20)22(24)23(4)5/h13,16-17,19-21H,6-12,14-15H2,1-5H3/b18-13+. The highest BCUT2D eigenvalue weighted by molar-refractivity contribution is 5.78. The van der Waals surface area contributed by atoms with E-state index in [1.165, 1.54) is 44.9 Å².